The molecule has 1 amide bonds. The molecule has 3 rings (SSSR count). The van der Waals surface area contributed by atoms with Crippen LogP contribution in [0.4, 0.5) is 0 Å². The number of aryl methyl sites for hydroxylation is 1. The molecule has 128 valence electrons. The number of carboxylic acid groups (broad SMARTS) is 1. The van der Waals surface area contributed by atoms with Crippen LogP contribution in [0, 0.1) is 6.92 Å². The van der Waals surface area contributed by atoms with Gasteiger partial charge in [-0.1, -0.05) is 30.3 Å². The molecule has 25 heavy (non-hydrogen) atoms. The molecule has 2 aromatic heterocycles. The van der Waals surface area contributed by atoms with E-state index in [1.54, 1.807) is 6.92 Å². The zero-order valence-corrected chi connectivity index (χ0v) is 14.2. The van der Waals surface area contributed by atoms with Crippen LogP contribution in [-0.4, -0.2) is 33.1 Å². The number of fused-ring (bicyclic) bond motifs is 1. The molecular weight excluding hydrogens is 342 g/mol. The maximum atomic E-state index is 12.8. The van der Waals surface area contributed by atoms with Crippen molar-refractivity contribution in [3.05, 3.63) is 63.0 Å². The summed E-state index contributed by atoms with van der Waals surface area (Å²) in [6.45, 7) is 1.58. The fourth-order valence-corrected chi connectivity index (χ4v) is 3.56. The monoisotopic (exact) mass is 357 g/mol. The smallest absolute Gasteiger partial charge is 0.322 e. The van der Waals surface area contributed by atoms with Crippen molar-refractivity contribution in [2.75, 3.05) is 6.54 Å². The first kappa shape index (κ1) is 16.8. The van der Waals surface area contributed by atoms with Gasteiger partial charge in [0, 0.05) is 0 Å². The number of benzene rings is 1. The molecule has 1 aromatic carbocycles. The Morgan fingerprint density at radius 1 is 1.28 bits per heavy atom. The van der Waals surface area contributed by atoms with E-state index in [1.165, 1.54) is 10.9 Å². The molecule has 0 unspecified atom stereocenters. The van der Waals surface area contributed by atoms with Gasteiger partial charge in [0.25, 0.3) is 11.5 Å². The summed E-state index contributed by atoms with van der Waals surface area (Å²) in [5.74, 6) is -1.65. The van der Waals surface area contributed by atoms with Gasteiger partial charge >= 0.3 is 5.97 Å². The molecule has 0 saturated heterocycles. The van der Waals surface area contributed by atoms with Crippen molar-refractivity contribution < 1.29 is 14.7 Å². The minimum Gasteiger partial charge on any atom is -0.480 e. The lowest BCUT2D eigenvalue weighted by atomic mass is 10.2. The first-order valence-corrected chi connectivity index (χ1v) is 8.31. The van der Waals surface area contributed by atoms with E-state index in [4.69, 9.17) is 5.11 Å². The second-order valence-electron chi connectivity index (χ2n) is 5.48. The molecule has 0 spiro atoms. The van der Waals surface area contributed by atoms with Gasteiger partial charge in [-0.15, -0.1) is 11.3 Å². The van der Waals surface area contributed by atoms with E-state index in [2.05, 4.69) is 10.3 Å². The highest BCUT2D eigenvalue weighted by molar-refractivity contribution is 7.20. The van der Waals surface area contributed by atoms with Crippen molar-refractivity contribution in [3.8, 4) is 0 Å². The van der Waals surface area contributed by atoms with E-state index >= 15 is 0 Å². The normalized spacial score (nSPS) is 10.8. The molecule has 0 fully saturated rings. The van der Waals surface area contributed by atoms with E-state index in [0.717, 1.165) is 16.9 Å². The molecule has 3 aromatic rings. The third-order valence-corrected chi connectivity index (χ3v) is 4.92. The highest BCUT2D eigenvalue weighted by Gasteiger charge is 2.19. The molecule has 2 heterocycles. The third-order valence-electron chi connectivity index (χ3n) is 3.72. The number of aromatic nitrogens is 2. The van der Waals surface area contributed by atoms with Crippen LogP contribution >= 0.6 is 11.3 Å². The van der Waals surface area contributed by atoms with Gasteiger partial charge in [-0.3, -0.25) is 19.0 Å². The fraction of sp³-hybridized carbons (Fsp3) is 0.176. The first-order chi connectivity index (χ1) is 12.0. The average molecular weight is 357 g/mol. The highest BCUT2D eigenvalue weighted by Crippen LogP contribution is 2.26. The highest BCUT2D eigenvalue weighted by atomic mass is 32.1. The largest absolute Gasteiger partial charge is 0.480 e. The van der Waals surface area contributed by atoms with Gasteiger partial charge in [0.2, 0.25) is 0 Å². The van der Waals surface area contributed by atoms with Crippen LogP contribution in [0.1, 0.15) is 20.8 Å². The van der Waals surface area contributed by atoms with E-state index < -0.39 is 18.4 Å². The van der Waals surface area contributed by atoms with E-state index in [1.807, 2.05) is 30.3 Å². The maximum absolute atomic E-state index is 12.8. The molecule has 0 saturated carbocycles. The van der Waals surface area contributed by atoms with Crippen molar-refractivity contribution in [3.63, 3.8) is 0 Å². The number of thiophene rings is 1. The Balaban J connectivity index is 1.98. The van der Waals surface area contributed by atoms with Gasteiger partial charge < -0.3 is 10.4 Å². The molecule has 8 heteroatoms. The average Bonchev–Trinajstić information content (AvgIpc) is 2.94. The van der Waals surface area contributed by atoms with E-state index in [9.17, 15) is 14.4 Å². The summed E-state index contributed by atoms with van der Waals surface area (Å²) in [7, 11) is 0. The summed E-state index contributed by atoms with van der Waals surface area (Å²) in [6, 6.07) is 9.53. The van der Waals surface area contributed by atoms with E-state index in [0.29, 0.717) is 27.2 Å². The number of amides is 1. The Labute approximate surface area is 146 Å². The number of nitrogens with zero attached hydrogens (tertiary/aromatic N) is 2. The lowest BCUT2D eigenvalue weighted by Gasteiger charge is -2.05. The van der Waals surface area contributed by atoms with Gasteiger partial charge in [0.05, 0.1) is 23.1 Å². The van der Waals surface area contributed by atoms with Crippen molar-refractivity contribution in [2.45, 2.75) is 13.5 Å². The second kappa shape index (κ2) is 6.86. The van der Waals surface area contributed by atoms with Crippen LogP contribution in [0.15, 0.2) is 41.5 Å². The van der Waals surface area contributed by atoms with Crippen LogP contribution in [0.3, 0.4) is 0 Å². The number of hydrogen-bond donors (Lipinski definition) is 2. The van der Waals surface area contributed by atoms with Crippen LogP contribution < -0.4 is 10.9 Å². The Bertz CT molecular complexity index is 1010. The quantitative estimate of drug-likeness (QED) is 0.723. The van der Waals surface area contributed by atoms with Gasteiger partial charge in [-0.05, 0) is 18.1 Å². The van der Waals surface area contributed by atoms with Crippen molar-refractivity contribution >= 4 is 33.4 Å². The predicted octanol–water partition coefficient (Wildman–Crippen LogP) is 1.63. The summed E-state index contributed by atoms with van der Waals surface area (Å²) in [4.78, 5) is 40.5. The maximum Gasteiger partial charge on any atom is 0.322 e. The molecule has 0 aliphatic rings. The number of rotatable bonds is 5. The number of carbonyl (C=O) groups excluding carboxylic acids is 1. The zero-order chi connectivity index (χ0) is 18.0. The lowest BCUT2D eigenvalue weighted by Crippen LogP contribution is -2.29. The minimum atomic E-state index is -1.13. The molecule has 7 nitrogen and oxygen atoms in total. The summed E-state index contributed by atoms with van der Waals surface area (Å²) >= 11 is 1.08. The van der Waals surface area contributed by atoms with Gasteiger partial charge in [-0.2, -0.15) is 0 Å². The summed E-state index contributed by atoms with van der Waals surface area (Å²) < 4.78 is 1.50. The van der Waals surface area contributed by atoms with Crippen molar-refractivity contribution in [2.24, 2.45) is 0 Å². The van der Waals surface area contributed by atoms with Gasteiger partial charge in [-0.25, -0.2) is 4.98 Å². The SMILES string of the molecule is Cc1c(C(=O)NCC(=O)O)sc2ncn(Cc3ccccc3)c(=O)c12. The predicted molar refractivity (Wildman–Crippen MR) is 94.1 cm³/mol. The van der Waals surface area contributed by atoms with Crippen LogP contribution in [0.25, 0.3) is 10.2 Å². The summed E-state index contributed by atoms with van der Waals surface area (Å²) in [5, 5.41) is 11.4. The van der Waals surface area contributed by atoms with Crippen LogP contribution in [0.2, 0.25) is 0 Å². The van der Waals surface area contributed by atoms with Crippen LogP contribution in [-0.2, 0) is 11.3 Å². The molecule has 0 aliphatic carbocycles. The number of carboxylic acids is 1. The standard InChI is InChI=1S/C17H15N3O4S/c1-10-13-16(25-14(10)15(23)18-7-12(21)22)19-9-20(17(13)24)8-11-5-3-2-4-6-11/h2-6,9H,7-8H2,1H3,(H,18,23)(H,21,22). The Hall–Kier alpha value is -3.00. The number of carbonyl (C=O) groups is 2. The molecule has 0 bridgehead atoms. The first-order valence-electron chi connectivity index (χ1n) is 7.50. The van der Waals surface area contributed by atoms with Crippen molar-refractivity contribution in [1.29, 1.82) is 0 Å². The lowest BCUT2D eigenvalue weighted by molar-refractivity contribution is -0.135. The fourth-order valence-electron chi connectivity index (χ4n) is 2.50. The Kier molecular flexibility index (Phi) is 4.62. The van der Waals surface area contributed by atoms with E-state index in [-0.39, 0.29) is 5.56 Å². The van der Waals surface area contributed by atoms with Gasteiger partial charge in [0.1, 0.15) is 11.4 Å². The Morgan fingerprint density at radius 3 is 2.68 bits per heavy atom. The molecule has 0 atom stereocenters. The number of nitrogens with one attached hydrogen (secondary N) is 1. The van der Waals surface area contributed by atoms with Gasteiger partial charge in [0.15, 0.2) is 0 Å². The molecule has 0 aliphatic heterocycles. The number of hydrogen-bond acceptors (Lipinski definition) is 5. The zero-order valence-electron chi connectivity index (χ0n) is 13.4. The number of aliphatic carboxylic acids is 1. The van der Waals surface area contributed by atoms with Crippen LogP contribution in [0.5, 0.6) is 0 Å². The molecular formula is C17H15N3O4S. The van der Waals surface area contributed by atoms with Crippen molar-refractivity contribution in [1.82, 2.24) is 14.9 Å². The summed E-state index contributed by atoms with van der Waals surface area (Å²) in [6.07, 6.45) is 1.46. The second-order valence-corrected chi connectivity index (χ2v) is 6.48. The molecule has 0 radical (unpaired) electrons. The molecule has 2 N–H and O–H groups in total. The topological polar surface area (TPSA) is 101 Å². The Morgan fingerprint density at radius 2 is 2.00 bits per heavy atom. The summed E-state index contributed by atoms with van der Waals surface area (Å²) in [5.41, 5.74) is 1.26. The minimum absolute atomic E-state index is 0.222. The third kappa shape index (κ3) is 3.43.